The SMILES string of the molecule is N[C@H]1c2ccccc2CC12CCN(c1cnc3c(n1)CN=C3N1CCCc3nc(-c4ccn[nH]4)ccc31)CC2. The summed E-state index contributed by atoms with van der Waals surface area (Å²) in [6.07, 6.45) is 8.89. The Morgan fingerprint density at radius 1 is 0.974 bits per heavy atom. The molecule has 9 heteroatoms. The van der Waals surface area contributed by atoms with Gasteiger partial charge in [0.15, 0.2) is 5.84 Å². The molecule has 1 saturated heterocycles. The molecule has 0 unspecified atom stereocenters. The van der Waals surface area contributed by atoms with Crippen molar-refractivity contribution in [2.24, 2.45) is 16.1 Å². The average molecular weight is 518 g/mol. The second-order valence-electron chi connectivity index (χ2n) is 11.3. The standard InChI is InChI=1S/C30H31N9/c31-28-20-5-2-1-4-19(20)16-30(28)10-14-38(15-11-30)26-18-32-27-24(36-26)17-33-29(27)39-13-3-6-23-25(39)8-7-21(35-23)22-9-12-34-37-22/h1-2,4-5,7-9,12,18,28H,3,6,10-11,13-17,31H2,(H,34,37)/t28-/m0/s1. The molecule has 1 aliphatic carbocycles. The molecule has 1 fully saturated rings. The van der Waals surface area contributed by atoms with E-state index in [1.54, 1.807) is 6.20 Å². The Morgan fingerprint density at radius 3 is 2.72 bits per heavy atom. The molecule has 1 aromatic carbocycles. The number of nitrogens with zero attached hydrogens (tertiary/aromatic N) is 7. The Labute approximate surface area is 227 Å². The fourth-order valence-corrected chi connectivity index (χ4v) is 7.01. The quantitative estimate of drug-likeness (QED) is 0.416. The molecule has 39 heavy (non-hydrogen) atoms. The van der Waals surface area contributed by atoms with E-state index >= 15 is 0 Å². The van der Waals surface area contributed by atoms with E-state index in [9.17, 15) is 0 Å². The Kier molecular flexibility index (Phi) is 5.10. The zero-order valence-corrected chi connectivity index (χ0v) is 21.8. The lowest BCUT2D eigenvalue weighted by Crippen LogP contribution is -2.44. The number of amidine groups is 1. The minimum absolute atomic E-state index is 0.121. The smallest absolute Gasteiger partial charge is 0.156 e. The summed E-state index contributed by atoms with van der Waals surface area (Å²) in [5.41, 5.74) is 15.6. The molecule has 3 aliphatic heterocycles. The molecule has 0 amide bonds. The number of anilines is 2. The van der Waals surface area contributed by atoms with Crippen LogP contribution in [0.1, 0.15) is 53.5 Å². The minimum Gasteiger partial charge on any atom is -0.355 e. The number of nitrogens with one attached hydrogen (secondary N) is 1. The van der Waals surface area contributed by atoms with Gasteiger partial charge in [0.2, 0.25) is 0 Å². The third-order valence-corrected chi connectivity index (χ3v) is 9.17. The Bertz CT molecular complexity index is 1580. The number of hydrogen-bond acceptors (Lipinski definition) is 8. The number of piperidine rings is 1. The number of aryl methyl sites for hydroxylation is 1. The number of rotatable bonds is 2. The van der Waals surface area contributed by atoms with Gasteiger partial charge in [-0.3, -0.25) is 10.1 Å². The molecule has 0 bridgehead atoms. The van der Waals surface area contributed by atoms with Gasteiger partial charge in [-0.25, -0.2) is 15.0 Å². The Morgan fingerprint density at radius 2 is 1.87 bits per heavy atom. The number of benzene rings is 1. The van der Waals surface area contributed by atoms with Gasteiger partial charge in [0.25, 0.3) is 0 Å². The van der Waals surface area contributed by atoms with Crippen LogP contribution in [0, 0.1) is 5.41 Å². The molecule has 3 aromatic heterocycles. The molecule has 9 nitrogen and oxygen atoms in total. The summed E-state index contributed by atoms with van der Waals surface area (Å²) in [5, 5.41) is 7.08. The Hall–Kier alpha value is -4.11. The first-order valence-corrected chi connectivity index (χ1v) is 13.9. The molecule has 6 heterocycles. The number of aromatic nitrogens is 5. The number of hydrogen-bond donors (Lipinski definition) is 2. The maximum Gasteiger partial charge on any atom is 0.156 e. The van der Waals surface area contributed by atoms with Crippen LogP contribution in [0.2, 0.25) is 0 Å². The number of H-pyrrole nitrogens is 1. The molecule has 1 atom stereocenters. The van der Waals surface area contributed by atoms with Crippen molar-refractivity contribution in [1.82, 2.24) is 25.1 Å². The van der Waals surface area contributed by atoms with Gasteiger partial charge in [-0.2, -0.15) is 5.10 Å². The van der Waals surface area contributed by atoms with Crippen LogP contribution in [0.3, 0.4) is 0 Å². The van der Waals surface area contributed by atoms with Gasteiger partial charge in [0.1, 0.15) is 11.5 Å². The zero-order valence-electron chi connectivity index (χ0n) is 21.8. The van der Waals surface area contributed by atoms with Crippen LogP contribution in [0.25, 0.3) is 11.4 Å². The fourth-order valence-electron chi connectivity index (χ4n) is 7.01. The van der Waals surface area contributed by atoms with Crippen LogP contribution in [0.4, 0.5) is 11.5 Å². The predicted octanol–water partition coefficient (Wildman–Crippen LogP) is 3.82. The topological polar surface area (TPSA) is 112 Å². The number of nitrogens with two attached hydrogens (primary N) is 1. The number of aromatic amines is 1. The molecule has 1 spiro atoms. The summed E-state index contributed by atoms with van der Waals surface area (Å²) in [7, 11) is 0. The fraction of sp³-hybridized carbons (Fsp3) is 0.367. The van der Waals surface area contributed by atoms with Crippen molar-refractivity contribution in [3.8, 4) is 11.4 Å². The molecular weight excluding hydrogens is 486 g/mol. The lowest BCUT2D eigenvalue weighted by molar-refractivity contribution is 0.187. The third kappa shape index (κ3) is 3.60. The van der Waals surface area contributed by atoms with Gasteiger partial charge in [0, 0.05) is 31.9 Å². The maximum absolute atomic E-state index is 6.79. The van der Waals surface area contributed by atoms with Crippen molar-refractivity contribution in [3.05, 3.63) is 83.1 Å². The zero-order chi connectivity index (χ0) is 26.0. The largest absolute Gasteiger partial charge is 0.355 e. The van der Waals surface area contributed by atoms with Gasteiger partial charge in [0.05, 0.1) is 41.2 Å². The molecule has 4 aromatic rings. The van der Waals surface area contributed by atoms with Gasteiger partial charge in [-0.15, -0.1) is 0 Å². The van der Waals surface area contributed by atoms with Gasteiger partial charge in [-0.1, -0.05) is 24.3 Å². The third-order valence-electron chi connectivity index (χ3n) is 9.17. The molecule has 196 valence electrons. The van der Waals surface area contributed by atoms with E-state index in [4.69, 9.17) is 25.7 Å². The molecule has 8 rings (SSSR count). The summed E-state index contributed by atoms with van der Waals surface area (Å²) in [5.74, 6) is 1.86. The van der Waals surface area contributed by atoms with Crippen LogP contribution in [-0.4, -0.2) is 50.6 Å². The molecule has 4 aliphatic rings. The molecule has 0 radical (unpaired) electrons. The first kappa shape index (κ1) is 22.8. The highest BCUT2D eigenvalue weighted by Crippen LogP contribution is 2.51. The Balaban J connectivity index is 1.01. The molecule has 3 N–H and O–H groups in total. The van der Waals surface area contributed by atoms with Crippen molar-refractivity contribution < 1.29 is 0 Å². The number of fused-ring (bicyclic) bond motifs is 3. The second-order valence-corrected chi connectivity index (χ2v) is 11.3. The summed E-state index contributed by atoms with van der Waals surface area (Å²) < 4.78 is 0. The van der Waals surface area contributed by atoms with Gasteiger partial charge < -0.3 is 15.5 Å². The van der Waals surface area contributed by atoms with E-state index in [-0.39, 0.29) is 11.5 Å². The van der Waals surface area contributed by atoms with Crippen molar-refractivity contribution >= 4 is 17.3 Å². The minimum atomic E-state index is 0.121. The van der Waals surface area contributed by atoms with E-state index < -0.39 is 0 Å². The van der Waals surface area contributed by atoms with Crippen molar-refractivity contribution in [2.45, 2.75) is 44.7 Å². The lowest BCUT2D eigenvalue weighted by atomic mass is 9.73. The van der Waals surface area contributed by atoms with E-state index in [0.29, 0.717) is 6.54 Å². The number of aliphatic imine (C=N–C) groups is 1. The summed E-state index contributed by atoms with van der Waals surface area (Å²) in [4.78, 5) is 24.5. The van der Waals surface area contributed by atoms with Crippen LogP contribution in [-0.2, 0) is 19.4 Å². The van der Waals surface area contributed by atoms with Crippen LogP contribution >= 0.6 is 0 Å². The van der Waals surface area contributed by atoms with E-state index in [0.717, 1.165) is 97.5 Å². The van der Waals surface area contributed by atoms with Crippen LogP contribution in [0.15, 0.2) is 59.9 Å². The first-order valence-electron chi connectivity index (χ1n) is 13.9. The molecule has 0 saturated carbocycles. The highest BCUT2D eigenvalue weighted by atomic mass is 15.3. The van der Waals surface area contributed by atoms with Gasteiger partial charge in [-0.05, 0) is 66.8 Å². The summed E-state index contributed by atoms with van der Waals surface area (Å²) >= 11 is 0. The summed E-state index contributed by atoms with van der Waals surface area (Å²) in [6.45, 7) is 3.37. The van der Waals surface area contributed by atoms with Crippen molar-refractivity contribution in [2.75, 3.05) is 29.4 Å². The lowest BCUT2D eigenvalue weighted by Gasteiger charge is -2.42. The second kappa shape index (κ2) is 8.71. The normalized spacial score (nSPS) is 21.1. The van der Waals surface area contributed by atoms with Crippen molar-refractivity contribution in [3.63, 3.8) is 0 Å². The monoisotopic (exact) mass is 517 g/mol. The molecular formula is C30H31N9. The summed E-state index contributed by atoms with van der Waals surface area (Å²) in [6, 6.07) is 15.0. The van der Waals surface area contributed by atoms with E-state index in [2.05, 4.69) is 50.3 Å². The van der Waals surface area contributed by atoms with E-state index in [1.807, 2.05) is 18.3 Å². The first-order chi connectivity index (χ1) is 19.2. The average Bonchev–Trinajstić information content (AvgIpc) is 3.72. The maximum atomic E-state index is 6.79. The predicted molar refractivity (Wildman–Crippen MR) is 151 cm³/mol. The highest BCUT2D eigenvalue weighted by Gasteiger charge is 2.46. The number of pyridine rings is 1. The van der Waals surface area contributed by atoms with Crippen LogP contribution in [0.5, 0.6) is 0 Å². The van der Waals surface area contributed by atoms with E-state index in [1.165, 1.54) is 11.1 Å². The van der Waals surface area contributed by atoms with Crippen LogP contribution < -0.4 is 15.5 Å². The highest BCUT2D eigenvalue weighted by molar-refractivity contribution is 6.11. The van der Waals surface area contributed by atoms with Gasteiger partial charge >= 0.3 is 0 Å². The van der Waals surface area contributed by atoms with Crippen molar-refractivity contribution in [1.29, 1.82) is 0 Å².